The van der Waals surface area contributed by atoms with Crippen LogP contribution >= 0.6 is 0 Å². The Kier molecular flexibility index (Phi) is 4.17. The highest BCUT2D eigenvalue weighted by molar-refractivity contribution is 7.93. The van der Waals surface area contributed by atoms with E-state index in [2.05, 4.69) is 0 Å². The van der Waals surface area contributed by atoms with Crippen LogP contribution in [0.4, 0.5) is 4.39 Å². The number of hydrogen-bond acceptors (Lipinski definition) is 4. The van der Waals surface area contributed by atoms with Crippen LogP contribution in [-0.4, -0.2) is 19.8 Å². The van der Waals surface area contributed by atoms with Crippen molar-refractivity contribution in [1.29, 1.82) is 0 Å². The molecule has 5 nitrogen and oxygen atoms in total. The van der Waals surface area contributed by atoms with E-state index < -0.39 is 21.4 Å². The Morgan fingerprint density at radius 3 is 2.48 bits per heavy atom. The molecule has 2 N–H and O–H groups in total. The first kappa shape index (κ1) is 17.6. The molecule has 0 bridgehead atoms. The summed E-state index contributed by atoms with van der Waals surface area (Å²) in [6, 6.07) is 5.77. The monoisotopic (exact) mass is 363 g/mol. The van der Waals surface area contributed by atoms with Gasteiger partial charge in [-0.05, 0) is 56.0 Å². The summed E-state index contributed by atoms with van der Waals surface area (Å²) in [5.74, 6) is -0.323. The number of halogens is 1. The van der Waals surface area contributed by atoms with Gasteiger partial charge in [0.1, 0.15) is 11.6 Å². The molecule has 0 saturated heterocycles. The zero-order valence-corrected chi connectivity index (χ0v) is 14.7. The average Bonchev–Trinajstić information content (AvgIpc) is 2.77. The number of sulfonamides is 1. The van der Waals surface area contributed by atoms with Crippen LogP contribution in [0.1, 0.15) is 32.3 Å². The minimum atomic E-state index is -3.73. The zero-order chi connectivity index (χ0) is 18.4. The van der Waals surface area contributed by atoms with Gasteiger partial charge in [0.15, 0.2) is 5.60 Å². The van der Waals surface area contributed by atoms with E-state index in [1.807, 2.05) is 0 Å². The molecule has 3 rings (SSSR count). The second kappa shape index (κ2) is 5.93. The molecule has 25 heavy (non-hydrogen) atoms. The number of hydrogen-bond donors (Lipinski definition) is 1. The maximum absolute atomic E-state index is 13.6. The highest BCUT2D eigenvalue weighted by Gasteiger charge is 2.43. The third-order valence-corrected chi connectivity index (χ3v) is 5.31. The van der Waals surface area contributed by atoms with Crippen molar-refractivity contribution in [2.75, 3.05) is 0 Å². The predicted molar refractivity (Wildman–Crippen MR) is 92.0 cm³/mol. The van der Waals surface area contributed by atoms with Crippen LogP contribution in [0.3, 0.4) is 0 Å². The van der Waals surface area contributed by atoms with Crippen LogP contribution in [0.5, 0.6) is 0 Å². The maximum atomic E-state index is 13.6. The molecule has 0 aromatic heterocycles. The van der Waals surface area contributed by atoms with Crippen molar-refractivity contribution in [2.24, 2.45) is 5.14 Å². The number of benzene rings is 1. The summed E-state index contributed by atoms with van der Waals surface area (Å²) in [5.41, 5.74) is 0.364. The van der Waals surface area contributed by atoms with Crippen LogP contribution in [-0.2, 0) is 19.6 Å². The van der Waals surface area contributed by atoms with E-state index in [0.717, 1.165) is 0 Å². The quantitative estimate of drug-likeness (QED) is 0.895. The molecule has 0 spiro atoms. The summed E-state index contributed by atoms with van der Waals surface area (Å²) in [6.45, 7) is 3.30. The molecule has 132 valence electrons. The maximum Gasteiger partial charge on any atom is 0.234 e. The number of ketones is 1. The molecule has 0 atom stereocenters. The van der Waals surface area contributed by atoms with E-state index in [-0.39, 0.29) is 17.1 Å². The Labute approximate surface area is 145 Å². The lowest BCUT2D eigenvalue weighted by Gasteiger charge is -2.20. The number of carbonyl (C=O) groups is 1. The summed E-state index contributed by atoms with van der Waals surface area (Å²) in [7, 11) is -3.73. The van der Waals surface area contributed by atoms with E-state index in [9.17, 15) is 17.6 Å². The van der Waals surface area contributed by atoms with Gasteiger partial charge in [0.05, 0.1) is 10.5 Å². The Balaban J connectivity index is 2.12. The number of nitrogens with two attached hydrogens (primary N) is 1. The number of carbonyl (C=O) groups excluding carboxylic acids is 1. The Morgan fingerprint density at radius 2 is 1.92 bits per heavy atom. The fraction of sp³-hybridized carbons (Fsp3) is 0.278. The van der Waals surface area contributed by atoms with Crippen molar-refractivity contribution in [3.05, 3.63) is 64.0 Å². The first-order valence-electron chi connectivity index (χ1n) is 7.76. The predicted octanol–water partition coefficient (Wildman–Crippen LogP) is 2.81. The van der Waals surface area contributed by atoms with Crippen molar-refractivity contribution >= 4 is 21.4 Å². The fourth-order valence-electron chi connectivity index (χ4n) is 2.93. The highest BCUT2D eigenvalue weighted by Crippen LogP contribution is 2.42. The van der Waals surface area contributed by atoms with Gasteiger partial charge in [-0.2, -0.15) is 0 Å². The second-order valence-electron chi connectivity index (χ2n) is 6.53. The van der Waals surface area contributed by atoms with Gasteiger partial charge in [0.2, 0.25) is 15.8 Å². The van der Waals surface area contributed by atoms with Gasteiger partial charge >= 0.3 is 0 Å². The van der Waals surface area contributed by atoms with E-state index in [1.165, 1.54) is 24.3 Å². The Morgan fingerprint density at radius 1 is 1.20 bits per heavy atom. The number of primary sulfonamides is 1. The molecular formula is C18H18FNO4S. The largest absolute Gasteiger partial charge is 0.479 e. The number of Topliss-reactive ketones (excluding diaryl/α,β-unsaturated/α-hetero) is 1. The first-order chi connectivity index (χ1) is 11.6. The third kappa shape index (κ3) is 3.29. The number of rotatable bonds is 3. The van der Waals surface area contributed by atoms with E-state index in [4.69, 9.17) is 9.88 Å². The molecule has 1 aromatic carbocycles. The summed E-state index contributed by atoms with van der Waals surface area (Å²) in [6.07, 6.45) is 3.60. The lowest BCUT2D eigenvalue weighted by Crippen LogP contribution is -2.29. The van der Waals surface area contributed by atoms with Gasteiger partial charge in [-0.15, -0.1) is 0 Å². The van der Waals surface area contributed by atoms with Crippen LogP contribution in [0.15, 0.2) is 52.7 Å². The Bertz CT molecular complexity index is 955. The van der Waals surface area contributed by atoms with E-state index in [0.29, 0.717) is 28.9 Å². The van der Waals surface area contributed by atoms with Gasteiger partial charge in [-0.25, -0.2) is 17.9 Å². The molecule has 0 saturated carbocycles. The van der Waals surface area contributed by atoms with E-state index >= 15 is 0 Å². The van der Waals surface area contributed by atoms with Gasteiger partial charge in [-0.1, -0.05) is 18.2 Å². The van der Waals surface area contributed by atoms with Gasteiger partial charge < -0.3 is 4.74 Å². The molecule has 1 heterocycles. The molecule has 1 aliphatic heterocycles. The number of allylic oxidation sites excluding steroid dienone is 4. The van der Waals surface area contributed by atoms with Gasteiger partial charge in [-0.3, -0.25) is 4.79 Å². The standard InChI is InChI=1S/C18H18FNO4S/c1-18(2)17(21)15(12-4-3-5-13(19)10-12)16(24-18)11-6-8-14(9-7-11)25(20,22)23/h3-6,8,10H,7,9H2,1-2H3,(H2,20,22,23). The van der Waals surface area contributed by atoms with Crippen molar-refractivity contribution in [3.63, 3.8) is 0 Å². The lowest BCUT2D eigenvalue weighted by atomic mass is 9.91. The van der Waals surface area contributed by atoms with Crippen LogP contribution in [0.25, 0.3) is 5.57 Å². The van der Waals surface area contributed by atoms with Crippen molar-refractivity contribution in [2.45, 2.75) is 32.3 Å². The topological polar surface area (TPSA) is 86.5 Å². The molecule has 0 radical (unpaired) electrons. The average molecular weight is 363 g/mol. The summed E-state index contributed by atoms with van der Waals surface area (Å²) < 4.78 is 42.3. The molecular weight excluding hydrogens is 345 g/mol. The summed E-state index contributed by atoms with van der Waals surface area (Å²) >= 11 is 0. The molecule has 0 unspecified atom stereocenters. The second-order valence-corrected chi connectivity index (χ2v) is 8.14. The van der Waals surface area contributed by atoms with Crippen molar-refractivity contribution < 1.29 is 22.3 Å². The zero-order valence-electron chi connectivity index (χ0n) is 13.9. The fourth-order valence-corrected chi connectivity index (χ4v) is 3.58. The van der Waals surface area contributed by atoms with Gasteiger partial charge in [0, 0.05) is 0 Å². The summed E-state index contributed by atoms with van der Waals surface area (Å²) in [5, 5.41) is 5.14. The van der Waals surface area contributed by atoms with Crippen LogP contribution < -0.4 is 5.14 Å². The van der Waals surface area contributed by atoms with Crippen LogP contribution in [0, 0.1) is 5.82 Å². The molecule has 1 aliphatic carbocycles. The first-order valence-corrected chi connectivity index (χ1v) is 9.31. The molecule has 0 fully saturated rings. The SMILES string of the molecule is CC1(C)OC(C2=CC=C(S(N)(=O)=O)CC2)=C(c2cccc(F)c2)C1=O. The number of ether oxygens (including phenoxy) is 1. The highest BCUT2D eigenvalue weighted by atomic mass is 32.2. The smallest absolute Gasteiger partial charge is 0.234 e. The summed E-state index contributed by atoms with van der Waals surface area (Å²) in [4.78, 5) is 12.9. The molecule has 1 aromatic rings. The molecule has 7 heteroatoms. The van der Waals surface area contributed by atoms with Crippen molar-refractivity contribution in [1.82, 2.24) is 0 Å². The minimum Gasteiger partial charge on any atom is -0.479 e. The lowest BCUT2D eigenvalue weighted by molar-refractivity contribution is -0.126. The van der Waals surface area contributed by atoms with Gasteiger partial charge in [0.25, 0.3) is 0 Å². The minimum absolute atomic E-state index is 0.132. The molecule has 2 aliphatic rings. The third-order valence-electron chi connectivity index (χ3n) is 4.24. The van der Waals surface area contributed by atoms with Crippen molar-refractivity contribution in [3.8, 4) is 0 Å². The molecule has 0 amide bonds. The normalized spacial score (nSPS) is 20.2. The van der Waals surface area contributed by atoms with Crippen LogP contribution in [0.2, 0.25) is 0 Å². The van der Waals surface area contributed by atoms with E-state index in [1.54, 1.807) is 26.0 Å². The Hall–Kier alpha value is -2.25.